The number of carbonyl (C=O) groups excluding carboxylic acids is 1. The molecule has 5 heteroatoms. The van der Waals surface area contributed by atoms with Gasteiger partial charge in [-0.25, -0.2) is 0 Å². The molecule has 0 aliphatic carbocycles. The Bertz CT molecular complexity index is 774. The molecule has 5 nitrogen and oxygen atoms in total. The lowest BCUT2D eigenvalue weighted by Gasteiger charge is -2.42. The lowest BCUT2D eigenvalue weighted by Crippen LogP contribution is -2.50. The predicted octanol–water partition coefficient (Wildman–Crippen LogP) is 3.12. The summed E-state index contributed by atoms with van der Waals surface area (Å²) in [5.74, 6) is 0.349. The average molecular weight is 407 g/mol. The van der Waals surface area contributed by atoms with Gasteiger partial charge in [-0.15, -0.1) is 0 Å². The first kappa shape index (κ1) is 21.0. The van der Waals surface area contributed by atoms with E-state index in [0.717, 1.165) is 57.7 Å². The highest BCUT2D eigenvalue weighted by atomic mass is 16.1. The van der Waals surface area contributed by atoms with Gasteiger partial charge in [0.15, 0.2) is 0 Å². The summed E-state index contributed by atoms with van der Waals surface area (Å²) in [6.45, 7) is 6.08. The van der Waals surface area contributed by atoms with Gasteiger partial charge in [0.2, 0.25) is 5.91 Å². The molecule has 1 N–H and O–H groups in total. The van der Waals surface area contributed by atoms with E-state index in [1.54, 1.807) is 6.20 Å². The number of aromatic nitrogens is 1. The van der Waals surface area contributed by atoms with Crippen LogP contribution in [0, 0.1) is 5.92 Å². The van der Waals surface area contributed by atoms with E-state index in [4.69, 9.17) is 0 Å². The smallest absolute Gasteiger partial charge is 0.224 e. The minimum Gasteiger partial charge on any atom is -0.355 e. The molecular weight excluding hydrogens is 372 g/mol. The van der Waals surface area contributed by atoms with Gasteiger partial charge in [-0.1, -0.05) is 36.4 Å². The molecule has 2 aliphatic heterocycles. The van der Waals surface area contributed by atoms with Crippen LogP contribution in [0.25, 0.3) is 0 Å². The van der Waals surface area contributed by atoms with Crippen LogP contribution in [0.2, 0.25) is 0 Å². The Morgan fingerprint density at radius 1 is 1.00 bits per heavy atom. The molecule has 1 amide bonds. The van der Waals surface area contributed by atoms with E-state index >= 15 is 0 Å². The highest BCUT2D eigenvalue weighted by molar-refractivity contribution is 5.78. The topological polar surface area (TPSA) is 48.5 Å². The van der Waals surface area contributed by atoms with Crippen molar-refractivity contribution in [2.24, 2.45) is 5.92 Å². The third-order valence-corrected chi connectivity index (χ3v) is 6.55. The molecule has 4 rings (SSSR count). The minimum atomic E-state index is 0.129. The number of hydrogen-bond donors (Lipinski definition) is 1. The lowest BCUT2D eigenvalue weighted by molar-refractivity contribution is -0.127. The van der Waals surface area contributed by atoms with Crippen LogP contribution in [-0.4, -0.2) is 59.5 Å². The zero-order chi connectivity index (χ0) is 20.6. The number of rotatable bonds is 7. The van der Waals surface area contributed by atoms with Crippen molar-refractivity contribution >= 4 is 5.91 Å². The molecule has 0 radical (unpaired) electrons. The first-order valence-corrected chi connectivity index (χ1v) is 11.5. The van der Waals surface area contributed by atoms with Crippen LogP contribution < -0.4 is 5.32 Å². The van der Waals surface area contributed by atoms with Crippen molar-refractivity contribution in [3.8, 4) is 0 Å². The Balaban J connectivity index is 1.20. The Kier molecular flexibility index (Phi) is 7.49. The molecule has 0 unspecified atom stereocenters. The molecule has 0 bridgehead atoms. The summed E-state index contributed by atoms with van der Waals surface area (Å²) < 4.78 is 0. The molecule has 2 aromatic rings. The summed E-state index contributed by atoms with van der Waals surface area (Å²) in [5, 5.41) is 3.14. The summed E-state index contributed by atoms with van der Waals surface area (Å²) in [6, 6.07) is 17.3. The fraction of sp³-hybridized carbons (Fsp3) is 0.520. The summed E-state index contributed by atoms with van der Waals surface area (Å²) in [4.78, 5) is 22.2. The molecule has 2 fully saturated rings. The highest BCUT2D eigenvalue weighted by Gasteiger charge is 2.31. The molecule has 0 saturated carbocycles. The second-order valence-electron chi connectivity index (χ2n) is 8.69. The number of piperidine rings is 2. The van der Waals surface area contributed by atoms with Gasteiger partial charge in [0.25, 0.3) is 0 Å². The number of benzene rings is 1. The number of carbonyl (C=O) groups is 1. The van der Waals surface area contributed by atoms with Crippen molar-refractivity contribution in [3.05, 3.63) is 66.0 Å². The zero-order valence-corrected chi connectivity index (χ0v) is 17.9. The van der Waals surface area contributed by atoms with Gasteiger partial charge < -0.3 is 5.32 Å². The Morgan fingerprint density at radius 2 is 1.80 bits per heavy atom. The van der Waals surface area contributed by atoms with Gasteiger partial charge in [-0.2, -0.15) is 0 Å². The standard InChI is InChI=1S/C25H34N4O/c30-25(27-15-11-23-10-4-5-14-26-23)22-9-6-16-29(20-22)24-12-17-28(18-13-24)19-21-7-2-1-3-8-21/h1-5,7-8,10,14,22,24H,6,9,11-13,15-20H2,(H,27,30)/t22-/m0/s1. The molecule has 3 heterocycles. The molecule has 2 aliphatic rings. The fourth-order valence-corrected chi connectivity index (χ4v) is 4.84. The van der Waals surface area contributed by atoms with Crippen molar-refractivity contribution in [2.75, 3.05) is 32.7 Å². The Labute approximate surface area is 180 Å². The van der Waals surface area contributed by atoms with E-state index in [-0.39, 0.29) is 11.8 Å². The van der Waals surface area contributed by atoms with Gasteiger partial charge in [-0.05, 0) is 63.0 Å². The number of hydrogen-bond acceptors (Lipinski definition) is 4. The maximum absolute atomic E-state index is 12.7. The van der Waals surface area contributed by atoms with Crippen LogP contribution in [0.1, 0.15) is 36.9 Å². The van der Waals surface area contributed by atoms with Crippen LogP contribution >= 0.6 is 0 Å². The van der Waals surface area contributed by atoms with E-state index in [9.17, 15) is 4.79 Å². The van der Waals surface area contributed by atoms with Gasteiger partial charge in [0.1, 0.15) is 0 Å². The summed E-state index contributed by atoms with van der Waals surface area (Å²) in [7, 11) is 0. The van der Waals surface area contributed by atoms with Crippen molar-refractivity contribution in [1.29, 1.82) is 0 Å². The highest BCUT2D eigenvalue weighted by Crippen LogP contribution is 2.24. The van der Waals surface area contributed by atoms with Crippen molar-refractivity contribution in [3.63, 3.8) is 0 Å². The quantitative estimate of drug-likeness (QED) is 0.768. The van der Waals surface area contributed by atoms with Crippen LogP contribution in [0.4, 0.5) is 0 Å². The number of nitrogens with one attached hydrogen (secondary N) is 1. The van der Waals surface area contributed by atoms with Crippen LogP contribution in [0.5, 0.6) is 0 Å². The van der Waals surface area contributed by atoms with E-state index in [0.29, 0.717) is 12.6 Å². The second kappa shape index (κ2) is 10.7. The predicted molar refractivity (Wildman–Crippen MR) is 120 cm³/mol. The Hall–Kier alpha value is -2.24. The number of nitrogens with zero attached hydrogens (tertiary/aromatic N) is 3. The van der Waals surface area contributed by atoms with Crippen LogP contribution in [0.3, 0.4) is 0 Å². The lowest BCUT2D eigenvalue weighted by atomic mass is 9.93. The van der Waals surface area contributed by atoms with Crippen molar-refractivity contribution in [1.82, 2.24) is 20.1 Å². The first-order chi connectivity index (χ1) is 14.8. The SMILES string of the molecule is O=C(NCCc1ccccn1)[C@H]1CCCN(C2CCN(Cc3ccccc3)CC2)C1. The van der Waals surface area contributed by atoms with Crippen molar-refractivity contribution in [2.45, 2.75) is 44.7 Å². The van der Waals surface area contributed by atoms with E-state index in [1.807, 2.05) is 18.2 Å². The number of pyridine rings is 1. The summed E-state index contributed by atoms with van der Waals surface area (Å²) in [5.41, 5.74) is 2.43. The zero-order valence-electron chi connectivity index (χ0n) is 17.9. The van der Waals surface area contributed by atoms with Gasteiger partial charge >= 0.3 is 0 Å². The molecule has 0 spiro atoms. The molecule has 30 heavy (non-hydrogen) atoms. The average Bonchev–Trinajstić information content (AvgIpc) is 2.81. The van der Waals surface area contributed by atoms with Crippen LogP contribution in [-0.2, 0) is 17.8 Å². The normalized spacial score (nSPS) is 21.4. The maximum Gasteiger partial charge on any atom is 0.224 e. The third-order valence-electron chi connectivity index (χ3n) is 6.55. The third kappa shape index (κ3) is 5.89. The summed E-state index contributed by atoms with van der Waals surface area (Å²) in [6.07, 6.45) is 7.16. The second-order valence-corrected chi connectivity index (χ2v) is 8.69. The summed E-state index contributed by atoms with van der Waals surface area (Å²) >= 11 is 0. The van der Waals surface area contributed by atoms with Crippen LogP contribution in [0.15, 0.2) is 54.7 Å². The molecule has 1 atom stereocenters. The van der Waals surface area contributed by atoms with E-state index in [2.05, 4.69) is 50.4 Å². The maximum atomic E-state index is 12.7. The van der Waals surface area contributed by atoms with E-state index in [1.165, 1.54) is 18.4 Å². The molecule has 1 aromatic carbocycles. The number of likely N-dealkylation sites (tertiary alicyclic amines) is 2. The van der Waals surface area contributed by atoms with Crippen molar-refractivity contribution < 1.29 is 4.79 Å². The first-order valence-electron chi connectivity index (χ1n) is 11.5. The molecule has 2 saturated heterocycles. The number of amides is 1. The Morgan fingerprint density at radius 3 is 2.57 bits per heavy atom. The molecule has 1 aromatic heterocycles. The van der Waals surface area contributed by atoms with Gasteiger partial charge in [0.05, 0.1) is 5.92 Å². The largest absolute Gasteiger partial charge is 0.355 e. The fourth-order valence-electron chi connectivity index (χ4n) is 4.84. The van der Waals surface area contributed by atoms with E-state index < -0.39 is 0 Å². The minimum absolute atomic E-state index is 0.129. The van der Waals surface area contributed by atoms with Gasteiger partial charge in [-0.3, -0.25) is 19.6 Å². The van der Waals surface area contributed by atoms with Gasteiger partial charge in [0, 0.05) is 44.0 Å². The molecule has 160 valence electrons. The molecular formula is C25H34N4O. The monoisotopic (exact) mass is 406 g/mol.